The monoisotopic (exact) mass is 309 g/mol. The van der Waals surface area contributed by atoms with Gasteiger partial charge < -0.3 is 10.6 Å². The molecule has 0 fully saturated rings. The van der Waals surface area contributed by atoms with Crippen molar-refractivity contribution in [2.24, 2.45) is 0 Å². The third-order valence-corrected chi connectivity index (χ3v) is 3.33. The van der Waals surface area contributed by atoms with E-state index >= 15 is 0 Å². The highest BCUT2D eigenvalue weighted by molar-refractivity contribution is 6.05. The van der Waals surface area contributed by atoms with Crippen molar-refractivity contribution in [3.63, 3.8) is 0 Å². The molecule has 2 amide bonds. The number of amides is 2. The van der Waals surface area contributed by atoms with Crippen molar-refractivity contribution in [1.29, 1.82) is 0 Å². The van der Waals surface area contributed by atoms with Gasteiger partial charge in [0.25, 0.3) is 5.91 Å². The number of fused-ring (bicyclic) bond motifs is 1. The van der Waals surface area contributed by atoms with E-state index in [1.54, 1.807) is 19.3 Å². The SMILES string of the molecule is CNC(=O)Cn1cc(NC(=O)c2cnc3ccccc3c2)cn1. The smallest absolute Gasteiger partial charge is 0.257 e. The van der Waals surface area contributed by atoms with Crippen LogP contribution in [0.4, 0.5) is 5.69 Å². The summed E-state index contributed by atoms with van der Waals surface area (Å²) in [5, 5.41) is 10.2. The predicted octanol–water partition coefficient (Wildman–Crippen LogP) is 1.43. The number of benzene rings is 1. The van der Waals surface area contributed by atoms with Gasteiger partial charge in [-0.15, -0.1) is 0 Å². The molecule has 0 radical (unpaired) electrons. The molecule has 7 nitrogen and oxygen atoms in total. The number of likely N-dealkylation sites (N-methyl/N-ethyl adjacent to an activating group) is 1. The summed E-state index contributed by atoms with van der Waals surface area (Å²) in [5.74, 6) is -0.438. The minimum Gasteiger partial charge on any atom is -0.358 e. The second-order valence-electron chi connectivity index (χ2n) is 4.97. The van der Waals surface area contributed by atoms with Crippen molar-refractivity contribution in [1.82, 2.24) is 20.1 Å². The molecule has 0 saturated carbocycles. The number of pyridine rings is 1. The van der Waals surface area contributed by atoms with Crippen LogP contribution >= 0.6 is 0 Å². The normalized spacial score (nSPS) is 10.5. The molecule has 23 heavy (non-hydrogen) atoms. The molecule has 3 aromatic rings. The van der Waals surface area contributed by atoms with E-state index in [2.05, 4.69) is 20.7 Å². The zero-order valence-corrected chi connectivity index (χ0v) is 12.5. The van der Waals surface area contributed by atoms with Crippen LogP contribution in [0.5, 0.6) is 0 Å². The molecule has 0 aliphatic carbocycles. The summed E-state index contributed by atoms with van der Waals surface area (Å²) in [6.07, 6.45) is 4.63. The lowest BCUT2D eigenvalue weighted by Crippen LogP contribution is -2.23. The average Bonchev–Trinajstić information content (AvgIpc) is 3.01. The molecule has 2 heterocycles. The average molecular weight is 309 g/mol. The van der Waals surface area contributed by atoms with Crippen LogP contribution < -0.4 is 10.6 Å². The molecule has 2 N–H and O–H groups in total. The summed E-state index contributed by atoms with van der Waals surface area (Å²) in [5.41, 5.74) is 1.82. The van der Waals surface area contributed by atoms with Gasteiger partial charge in [0.1, 0.15) is 6.54 Å². The second-order valence-corrected chi connectivity index (χ2v) is 4.97. The van der Waals surface area contributed by atoms with Crippen LogP contribution in [0.1, 0.15) is 10.4 Å². The minimum atomic E-state index is -0.275. The van der Waals surface area contributed by atoms with Crippen LogP contribution in [-0.4, -0.2) is 33.6 Å². The lowest BCUT2D eigenvalue weighted by Gasteiger charge is -2.04. The Labute approximate surface area is 132 Å². The van der Waals surface area contributed by atoms with E-state index in [9.17, 15) is 9.59 Å². The van der Waals surface area contributed by atoms with Crippen LogP contribution in [0.2, 0.25) is 0 Å². The number of aromatic nitrogens is 3. The van der Waals surface area contributed by atoms with E-state index in [-0.39, 0.29) is 18.4 Å². The number of hydrogen-bond donors (Lipinski definition) is 2. The molecule has 3 rings (SSSR count). The maximum Gasteiger partial charge on any atom is 0.257 e. The van der Waals surface area contributed by atoms with Gasteiger partial charge in [-0.2, -0.15) is 5.10 Å². The van der Waals surface area contributed by atoms with Crippen LogP contribution in [0.3, 0.4) is 0 Å². The quantitative estimate of drug-likeness (QED) is 0.763. The van der Waals surface area contributed by atoms with E-state index in [4.69, 9.17) is 0 Å². The first-order chi connectivity index (χ1) is 11.2. The van der Waals surface area contributed by atoms with Gasteiger partial charge in [-0.25, -0.2) is 0 Å². The van der Waals surface area contributed by atoms with Crippen molar-refractivity contribution in [3.05, 3.63) is 54.5 Å². The molecule has 0 bridgehead atoms. The first kappa shape index (κ1) is 14.7. The molecular weight excluding hydrogens is 294 g/mol. The van der Waals surface area contributed by atoms with Gasteiger partial charge >= 0.3 is 0 Å². The fourth-order valence-corrected chi connectivity index (χ4v) is 2.14. The predicted molar refractivity (Wildman–Crippen MR) is 86.0 cm³/mol. The zero-order chi connectivity index (χ0) is 16.2. The Bertz CT molecular complexity index is 872. The first-order valence-corrected chi connectivity index (χ1v) is 7.05. The molecule has 0 aliphatic heterocycles. The van der Waals surface area contributed by atoms with Crippen molar-refractivity contribution in [3.8, 4) is 0 Å². The Balaban J connectivity index is 1.74. The van der Waals surface area contributed by atoms with Crippen molar-refractivity contribution < 1.29 is 9.59 Å². The third kappa shape index (κ3) is 3.34. The van der Waals surface area contributed by atoms with E-state index in [1.807, 2.05) is 24.3 Å². The van der Waals surface area contributed by atoms with Crippen LogP contribution in [0.25, 0.3) is 10.9 Å². The van der Waals surface area contributed by atoms with Gasteiger partial charge in [0.05, 0.1) is 23.0 Å². The van der Waals surface area contributed by atoms with Crippen LogP contribution in [0, 0.1) is 0 Å². The maximum absolute atomic E-state index is 12.3. The lowest BCUT2D eigenvalue weighted by molar-refractivity contribution is -0.121. The Morgan fingerprint density at radius 3 is 2.87 bits per heavy atom. The highest BCUT2D eigenvalue weighted by Gasteiger charge is 2.10. The van der Waals surface area contributed by atoms with Gasteiger partial charge in [-0.05, 0) is 12.1 Å². The van der Waals surface area contributed by atoms with Crippen molar-refractivity contribution in [2.45, 2.75) is 6.54 Å². The topological polar surface area (TPSA) is 88.9 Å². The Hall–Kier alpha value is -3.22. The van der Waals surface area contributed by atoms with E-state index in [1.165, 1.54) is 17.1 Å². The van der Waals surface area contributed by atoms with E-state index < -0.39 is 0 Å². The van der Waals surface area contributed by atoms with Crippen LogP contribution in [0.15, 0.2) is 48.9 Å². The third-order valence-electron chi connectivity index (χ3n) is 3.33. The highest BCUT2D eigenvalue weighted by atomic mass is 16.2. The molecule has 0 aliphatic rings. The van der Waals surface area contributed by atoms with Gasteiger partial charge in [0.2, 0.25) is 5.91 Å². The highest BCUT2D eigenvalue weighted by Crippen LogP contribution is 2.14. The number of rotatable bonds is 4. The summed E-state index contributed by atoms with van der Waals surface area (Å²) < 4.78 is 1.45. The van der Waals surface area contributed by atoms with E-state index in [0.29, 0.717) is 11.3 Å². The van der Waals surface area contributed by atoms with Gasteiger partial charge in [0.15, 0.2) is 0 Å². The summed E-state index contributed by atoms with van der Waals surface area (Å²) in [7, 11) is 1.56. The van der Waals surface area contributed by atoms with Crippen molar-refractivity contribution in [2.75, 3.05) is 12.4 Å². The van der Waals surface area contributed by atoms with Gasteiger partial charge in [0, 0.05) is 24.8 Å². The maximum atomic E-state index is 12.3. The molecule has 0 saturated heterocycles. The fourth-order valence-electron chi connectivity index (χ4n) is 2.14. The molecule has 0 unspecified atom stereocenters. The number of para-hydroxylation sites is 1. The Morgan fingerprint density at radius 2 is 2.04 bits per heavy atom. The lowest BCUT2D eigenvalue weighted by atomic mass is 10.1. The number of nitrogens with zero attached hydrogens (tertiary/aromatic N) is 3. The largest absolute Gasteiger partial charge is 0.358 e. The van der Waals surface area contributed by atoms with Crippen molar-refractivity contribution >= 4 is 28.4 Å². The molecule has 0 spiro atoms. The zero-order valence-electron chi connectivity index (χ0n) is 12.5. The fraction of sp³-hybridized carbons (Fsp3) is 0.125. The molecule has 7 heteroatoms. The molecule has 116 valence electrons. The Morgan fingerprint density at radius 1 is 1.22 bits per heavy atom. The second kappa shape index (κ2) is 6.27. The molecular formula is C16H15N5O2. The van der Waals surface area contributed by atoms with E-state index in [0.717, 1.165) is 10.9 Å². The molecule has 1 aromatic carbocycles. The number of nitrogens with one attached hydrogen (secondary N) is 2. The van der Waals surface area contributed by atoms with Gasteiger partial charge in [-0.3, -0.25) is 19.3 Å². The number of carbonyl (C=O) groups excluding carboxylic acids is 2. The van der Waals surface area contributed by atoms with Gasteiger partial charge in [-0.1, -0.05) is 18.2 Å². The Kier molecular flexibility index (Phi) is 4.01. The first-order valence-electron chi connectivity index (χ1n) is 7.05. The summed E-state index contributed by atoms with van der Waals surface area (Å²) in [6.45, 7) is 0.101. The summed E-state index contributed by atoms with van der Waals surface area (Å²) in [6, 6.07) is 9.37. The number of hydrogen-bond acceptors (Lipinski definition) is 4. The standard InChI is InChI=1S/C16H15N5O2/c1-17-15(22)10-21-9-13(8-19-21)20-16(23)12-6-11-4-2-3-5-14(11)18-7-12/h2-9H,10H2,1H3,(H,17,22)(H,20,23). The number of anilines is 1. The minimum absolute atomic E-state index is 0.101. The summed E-state index contributed by atoms with van der Waals surface area (Å²) >= 11 is 0. The van der Waals surface area contributed by atoms with Crippen LogP contribution in [-0.2, 0) is 11.3 Å². The number of carbonyl (C=O) groups is 2. The molecule has 2 aromatic heterocycles. The molecule has 0 atom stereocenters. The summed E-state index contributed by atoms with van der Waals surface area (Å²) in [4.78, 5) is 27.8.